The van der Waals surface area contributed by atoms with Crippen LogP contribution in [0.4, 0.5) is 4.79 Å². The topological polar surface area (TPSA) is 42.0 Å². The summed E-state index contributed by atoms with van der Waals surface area (Å²) in [6.45, 7) is 1.49. The van der Waals surface area contributed by atoms with E-state index in [1.807, 2.05) is 24.3 Å². The first-order chi connectivity index (χ1) is 14.0. The number of nitrogens with zero attached hydrogens (tertiary/aromatic N) is 2. The van der Waals surface area contributed by atoms with Gasteiger partial charge in [0.05, 0.1) is 6.61 Å². The third kappa shape index (κ3) is 5.55. The van der Waals surface area contributed by atoms with E-state index in [1.54, 1.807) is 25.9 Å². The van der Waals surface area contributed by atoms with Crippen molar-refractivity contribution in [1.29, 1.82) is 0 Å². The van der Waals surface area contributed by atoms with E-state index in [0.717, 1.165) is 24.3 Å². The van der Waals surface area contributed by atoms with Crippen molar-refractivity contribution in [3.63, 3.8) is 0 Å². The second kappa shape index (κ2) is 9.85. The first-order valence-electron chi connectivity index (χ1n) is 9.64. The molecular formula is C23H28N2O3S. The fourth-order valence-corrected chi connectivity index (χ4v) is 3.71. The van der Waals surface area contributed by atoms with Crippen molar-refractivity contribution in [3.8, 4) is 11.5 Å². The summed E-state index contributed by atoms with van der Waals surface area (Å²) in [5.74, 6) is 1.45. The molecule has 1 aliphatic heterocycles. The van der Waals surface area contributed by atoms with Gasteiger partial charge in [-0.25, -0.2) is 4.79 Å². The molecule has 5 nitrogen and oxygen atoms in total. The number of thioether (sulfide) groups is 1. The number of ether oxygens (including phenoxy) is 2. The number of carbonyl (C=O) groups excluding carboxylic acids is 1. The summed E-state index contributed by atoms with van der Waals surface area (Å²) < 4.78 is 11.4. The minimum atomic E-state index is -0.378. The lowest BCUT2D eigenvalue weighted by molar-refractivity contribution is 0.172. The smallest absolute Gasteiger partial charge is 0.414 e. The summed E-state index contributed by atoms with van der Waals surface area (Å²) >= 11 is 1.72. The number of likely N-dealkylation sites (N-methyl/N-ethyl adjacent to an activating group) is 1. The van der Waals surface area contributed by atoms with Crippen LogP contribution in [0.3, 0.4) is 0 Å². The van der Waals surface area contributed by atoms with E-state index in [2.05, 4.69) is 48.6 Å². The second-order valence-corrected chi connectivity index (χ2v) is 8.10. The monoisotopic (exact) mass is 412 g/mol. The summed E-state index contributed by atoms with van der Waals surface area (Å²) in [6.07, 6.45) is 6.79. The molecule has 0 bridgehead atoms. The average molecular weight is 413 g/mol. The molecule has 0 saturated carbocycles. The van der Waals surface area contributed by atoms with Crippen molar-refractivity contribution in [2.45, 2.75) is 17.4 Å². The standard InChI is InChI=1S/C23H28N2O3S/c1-24(2)23(26)28-19-9-12-21-17(16-19)6-5-14-25(3)22(21)13-15-27-18-7-10-20(29-4)11-8-18/h5-12,16,22H,13-15H2,1-4H3. The van der Waals surface area contributed by atoms with Crippen LogP contribution >= 0.6 is 11.8 Å². The molecule has 154 valence electrons. The van der Waals surface area contributed by atoms with Crippen molar-refractivity contribution in [2.75, 3.05) is 40.6 Å². The van der Waals surface area contributed by atoms with Crippen molar-refractivity contribution in [1.82, 2.24) is 9.80 Å². The Hall–Kier alpha value is -2.44. The van der Waals surface area contributed by atoms with E-state index in [4.69, 9.17) is 9.47 Å². The number of hydrogen-bond donors (Lipinski definition) is 0. The van der Waals surface area contributed by atoms with Crippen LogP contribution < -0.4 is 9.47 Å². The predicted molar refractivity (Wildman–Crippen MR) is 119 cm³/mol. The molecule has 0 aliphatic carbocycles. The lowest BCUT2D eigenvalue weighted by Gasteiger charge is -2.27. The molecule has 1 amide bonds. The van der Waals surface area contributed by atoms with Crippen LogP contribution in [-0.4, -0.2) is 56.4 Å². The SMILES string of the molecule is CSc1ccc(OCCC2c3ccc(OC(=O)N(C)C)cc3C=CCN2C)cc1. The quantitative estimate of drug-likeness (QED) is 0.629. The van der Waals surface area contributed by atoms with Crippen LogP contribution in [0.15, 0.2) is 53.4 Å². The average Bonchev–Trinajstić information content (AvgIpc) is 2.87. The van der Waals surface area contributed by atoms with Gasteiger partial charge < -0.3 is 14.4 Å². The van der Waals surface area contributed by atoms with Crippen LogP contribution in [0.1, 0.15) is 23.6 Å². The van der Waals surface area contributed by atoms with Gasteiger partial charge in [0.15, 0.2) is 0 Å². The van der Waals surface area contributed by atoms with Crippen LogP contribution in [-0.2, 0) is 0 Å². The van der Waals surface area contributed by atoms with Gasteiger partial charge in [0.25, 0.3) is 0 Å². The van der Waals surface area contributed by atoms with Crippen LogP contribution in [0.25, 0.3) is 6.08 Å². The summed E-state index contributed by atoms with van der Waals surface area (Å²) in [6, 6.07) is 14.3. The molecule has 1 heterocycles. The van der Waals surface area contributed by atoms with Crippen LogP contribution in [0.2, 0.25) is 0 Å². The van der Waals surface area contributed by atoms with Gasteiger partial charge in [-0.15, -0.1) is 11.8 Å². The Morgan fingerprint density at radius 1 is 1.17 bits per heavy atom. The molecule has 2 aromatic carbocycles. The van der Waals surface area contributed by atoms with Gasteiger partial charge in [0.2, 0.25) is 0 Å². The molecular weight excluding hydrogens is 384 g/mol. The number of hydrogen-bond acceptors (Lipinski definition) is 5. The third-order valence-corrected chi connectivity index (χ3v) is 5.67. The Bertz CT molecular complexity index is 865. The van der Waals surface area contributed by atoms with E-state index in [9.17, 15) is 4.79 Å². The molecule has 0 N–H and O–H groups in total. The highest BCUT2D eigenvalue weighted by atomic mass is 32.2. The Kier molecular flexibility index (Phi) is 7.23. The molecule has 0 saturated heterocycles. The first-order valence-corrected chi connectivity index (χ1v) is 10.9. The van der Waals surface area contributed by atoms with E-state index in [1.165, 1.54) is 15.4 Å². The summed E-state index contributed by atoms with van der Waals surface area (Å²) in [5.41, 5.74) is 2.29. The molecule has 1 aliphatic rings. The van der Waals surface area contributed by atoms with Gasteiger partial charge in [0.1, 0.15) is 11.5 Å². The molecule has 29 heavy (non-hydrogen) atoms. The van der Waals surface area contributed by atoms with Gasteiger partial charge in [-0.3, -0.25) is 4.90 Å². The van der Waals surface area contributed by atoms with Crippen LogP contribution in [0.5, 0.6) is 11.5 Å². The van der Waals surface area contributed by atoms with Crippen molar-refractivity contribution >= 4 is 23.9 Å². The lowest BCUT2D eigenvalue weighted by atomic mass is 9.97. The maximum absolute atomic E-state index is 11.8. The Balaban J connectivity index is 1.69. The summed E-state index contributed by atoms with van der Waals surface area (Å²) in [4.78, 5) is 16.8. The van der Waals surface area contributed by atoms with Gasteiger partial charge in [0, 0.05) is 38.0 Å². The highest BCUT2D eigenvalue weighted by molar-refractivity contribution is 7.98. The molecule has 0 spiro atoms. The molecule has 1 atom stereocenters. The Labute approximate surface area is 177 Å². The zero-order chi connectivity index (χ0) is 20.8. The van der Waals surface area contributed by atoms with Gasteiger partial charge in [-0.2, -0.15) is 0 Å². The van der Waals surface area contributed by atoms with E-state index < -0.39 is 0 Å². The van der Waals surface area contributed by atoms with Gasteiger partial charge in [-0.05, 0) is 60.8 Å². The fraction of sp³-hybridized carbons (Fsp3) is 0.348. The zero-order valence-corrected chi connectivity index (χ0v) is 18.2. The number of fused-ring (bicyclic) bond motifs is 1. The van der Waals surface area contributed by atoms with Crippen molar-refractivity contribution in [2.24, 2.45) is 0 Å². The van der Waals surface area contributed by atoms with E-state index >= 15 is 0 Å². The Morgan fingerprint density at radius 2 is 1.90 bits per heavy atom. The maximum Gasteiger partial charge on any atom is 0.414 e. The minimum Gasteiger partial charge on any atom is -0.494 e. The predicted octanol–water partition coefficient (Wildman–Crippen LogP) is 4.94. The molecule has 2 aromatic rings. The van der Waals surface area contributed by atoms with E-state index in [-0.39, 0.29) is 12.1 Å². The summed E-state index contributed by atoms with van der Waals surface area (Å²) in [7, 11) is 5.47. The molecule has 3 rings (SSSR count). The highest BCUT2D eigenvalue weighted by Crippen LogP contribution is 2.32. The first kappa shape index (κ1) is 21.3. The largest absolute Gasteiger partial charge is 0.494 e. The number of benzene rings is 2. The second-order valence-electron chi connectivity index (χ2n) is 7.22. The van der Waals surface area contributed by atoms with Crippen LogP contribution in [0, 0.1) is 0 Å². The fourth-order valence-electron chi connectivity index (χ4n) is 3.30. The van der Waals surface area contributed by atoms with Gasteiger partial charge in [-0.1, -0.05) is 18.2 Å². The minimum absolute atomic E-state index is 0.226. The number of carbonyl (C=O) groups is 1. The van der Waals surface area contributed by atoms with E-state index in [0.29, 0.717) is 12.4 Å². The summed E-state index contributed by atoms with van der Waals surface area (Å²) in [5, 5.41) is 0. The number of rotatable bonds is 6. The third-order valence-electron chi connectivity index (χ3n) is 4.93. The highest BCUT2D eigenvalue weighted by Gasteiger charge is 2.22. The molecule has 0 fully saturated rings. The normalized spacial score (nSPS) is 16.1. The molecule has 1 unspecified atom stereocenters. The van der Waals surface area contributed by atoms with Crippen molar-refractivity contribution < 1.29 is 14.3 Å². The molecule has 0 radical (unpaired) electrons. The lowest BCUT2D eigenvalue weighted by Crippen LogP contribution is -2.26. The molecule has 0 aromatic heterocycles. The number of amides is 1. The zero-order valence-electron chi connectivity index (χ0n) is 17.4. The molecule has 6 heteroatoms. The van der Waals surface area contributed by atoms with Gasteiger partial charge >= 0.3 is 6.09 Å². The Morgan fingerprint density at radius 3 is 2.59 bits per heavy atom. The maximum atomic E-state index is 11.8. The van der Waals surface area contributed by atoms with Crippen molar-refractivity contribution in [3.05, 3.63) is 59.7 Å².